The van der Waals surface area contributed by atoms with Gasteiger partial charge in [-0.2, -0.15) is 0 Å². The average Bonchev–Trinajstić information content (AvgIpc) is 3.10. The zero-order valence-electron chi connectivity index (χ0n) is 10.5. The average molecular weight is 310 g/mol. The van der Waals surface area contributed by atoms with Gasteiger partial charge in [0.15, 0.2) is 0 Å². The van der Waals surface area contributed by atoms with E-state index in [1.807, 2.05) is 24.3 Å². The van der Waals surface area contributed by atoms with Crippen molar-refractivity contribution in [2.24, 2.45) is 0 Å². The van der Waals surface area contributed by atoms with Gasteiger partial charge < -0.3 is 10.1 Å². The molecule has 7 heteroatoms. The number of rotatable bonds is 3. The molecular formula is C13H12ClN3O2S. The zero-order chi connectivity index (χ0) is 13.9. The zero-order valence-corrected chi connectivity index (χ0v) is 12.1. The molecule has 0 radical (unpaired) electrons. The number of ether oxygens (including phenoxy) is 1. The number of amides is 1. The Kier molecular flexibility index (Phi) is 3.95. The Labute approximate surface area is 125 Å². The molecular weight excluding hydrogens is 298 g/mol. The second kappa shape index (κ2) is 5.87. The van der Waals surface area contributed by atoms with Crippen LogP contribution >= 0.6 is 23.1 Å². The predicted octanol–water partition coefficient (Wildman–Crippen LogP) is 2.98. The maximum absolute atomic E-state index is 12.0. The molecule has 1 N–H and O–H groups in total. The van der Waals surface area contributed by atoms with Crippen LogP contribution in [0.1, 0.15) is 12.8 Å². The first-order chi connectivity index (χ1) is 9.74. The molecule has 1 fully saturated rings. The molecule has 1 aliphatic rings. The van der Waals surface area contributed by atoms with Crippen molar-refractivity contribution in [3.63, 3.8) is 0 Å². The molecule has 1 amide bonds. The second-order valence-corrected chi connectivity index (χ2v) is 5.82. The molecule has 0 bridgehead atoms. The number of nitrogens with zero attached hydrogens (tertiary/aromatic N) is 2. The smallest absolute Gasteiger partial charge is 0.253 e. The number of carbonyl (C=O) groups is 1. The summed E-state index contributed by atoms with van der Waals surface area (Å²) in [5.41, 5.74) is 2.16. The number of aromatic nitrogens is 2. The highest BCUT2D eigenvalue weighted by Crippen LogP contribution is 2.29. The number of hydrogen-bond acceptors (Lipinski definition) is 5. The van der Waals surface area contributed by atoms with Crippen LogP contribution in [0.5, 0.6) is 0 Å². The first-order valence-electron chi connectivity index (χ1n) is 6.25. The van der Waals surface area contributed by atoms with E-state index >= 15 is 0 Å². The number of hydrogen-bond donors (Lipinski definition) is 1. The van der Waals surface area contributed by atoms with Gasteiger partial charge in [0, 0.05) is 29.4 Å². The van der Waals surface area contributed by atoms with Crippen LogP contribution in [-0.4, -0.2) is 28.2 Å². The van der Waals surface area contributed by atoms with E-state index in [0.717, 1.165) is 29.9 Å². The number of benzene rings is 1. The molecule has 1 aromatic heterocycles. The van der Waals surface area contributed by atoms with Crippen molar-refractivity contribution in [3.8, 4) is 11.3 Å². The maximum Gasteiger partial charge on any atom is 0.253 e. The maximum atomic E-state index is 12.0. The van der Waals surface area contributed by atoms with Crippen LogP contribution in [-0.2, 0) is 9.53 Å². The largest absolute Gasteiger partial charge is 0.368 e. The van der Waals surface area contributed by atoms with Crippen LogP contribution in [0.3, 0.4) is 0 Å². The van der Waals surface area contributed by atoms with Crippen LogP contribution in [0.2, 0.25) is 4.34 Å². The molecule has 0 aliphatic carbocycles. The van der Waals surface area contributed by atoms with E-state index in [1.165, 1.54) is 0 Å². The first kappa shape index (κ1) is 13.5. The quantitative estimate of drug-likeness (QED) is 0.946. The van der Waals surface area contributed by atoms with Gasteiger partial charge in [-0.25, -0.2) is 0 Å². The SMILES string of the molecule is O=C(Nc1cccc(-c2nnsc2Cl)c1)C1CCCO1. The van der Waals surface area contributed by atoms with Crippen LogP contribution in [0.25, 0.3) is 11.3 Å². The number of carbonyl (C=O) groups excluding carboxylic acids is 1. The first-order valence-corrected chi connectivity index (χ1v) is 7.40. The molecule has 5 nitrogen and oxygen atoms in total. The minimum atomic E-state index is -0.344. The highest BCUT2D eigenvalue weighted by molar-refractivity contribution is 7.10. The molecule has 1 aromatic carbocycles. The van der Waals surface area contributed by atoms with Crippen LogP contribution < -0.4 is 5.32 Å². The molecule has 2 aromatic rings. The molecule has 3 rings (SSSR count). The van der Waals surface area contributed by atoms with E-state index in [-0.39, 0.29) is 12.0 Å². The molecule has 1 saturated heterocycles. The van der Waals surface area contributed by atoms with E-state index in [4.69, 9.17) is 16.3 Å². The Morgan fingerprint density at radius 3 is 3.10 bits per heavy atom. The lowest BCUT2D eigenvalue weighted by Gasteiger charge is -2.11. The molecule has 104 valence electrons. The lowest BCUT2D eigenvalue weighted by atomic mass is 10.1. The van der Waals surface area contributed by atoms with Crippen molar-refractivity contribution in [2.45, 2.75) is 18.9 Å². The molecule has 0 saturated carbocycles. The standard InChI is InChI=1S/C13H12ClN3O2S/c14-12-11(16-17-20-12)8-3-1-4-9(7-8)15-13(18)10-5-2-6-19-10/h1,3-4,7,10H,2,5-6H2,(H,15,18). The summed E-state index contributed by atoms with van der Waals surface area (Å²) in [5, 5.41) is 6.84. The summed E-state index contributed by atoms with van der Waals surface area (Å²) in [5.74, 6) is -0.109. The molecule has 0 spiro atoms. The number of halogens is 1. The Bertz CT molecular complexity index is 626. The van der Waals surface area contributed by atoms with Gasteiger partial charge in [0.2, 0.25) is 0 Å². The fourth-order valence-corrected chi connectivity index (χ4v) is 2.78. The van der Waals surface area contributed by atoms with Crippen LogP contribution in [0, 0.1) is 0 Å². The van der Waals surface area contributed by atoms with E-state index in [1.54, 1.807) is 0 Å². The topological polar surface area (TPSA) is 64.1 Å². The summed E-state index contributed by atoms with van der Waals surface area (Å²) in [6.45, 7) is 0.651. The van der Waals surface area contributed by atoms with Gasteiger partial charge in [-0.15, -0.1) is 5.10 Å². The Balaban J connectivity index is 1.78. The molecule has 1 atom stereocenters. The van der Waals surface area contributed by atoms with E-state index in [9.17, 15) is 4.79 Å². The third kappa shape index (κ3) is 2.82. The summed E-state index contributed by atoms with van der Waals surface area (Å²) in [6.07, 6.45) is 1.36. The van der Waals surface area contributed by atoms with Gasteiger partial charge in [0.05, 0.1) is 0 Å². The van der Waals surface area contributed by atoms with Gasteiger partial charge in [0.1, 0.15) is 16.1 Å². The Morgan fingerprint density at radius 1 is 1.50 bits per heavy atom. The second-order valence-electron chi connectivity index (χ2n) is 4.47. The Morgan fingerprint density at radius 2 is 2.40 bits per heavy atom. The van der Waals surface area contributed by atoms with Crippen molar-refractivity contribution in [3.05, 3.63) is 28.6 Å². The van der Waals surface area contributed by atoms with Crippen molar-refractivity contribution in [1.29, 1.82) is 0 Å². The fourth-order valence-electron chi connectivity index (χ4n) is 2.10. The number of nitrogens with one attached hydrogen (secondary N) is 1. The number of anilines is 1. The predicted molar refractivity (Wildman–Crippen MR) is 78.0 cm³/mol. The van der Waals surface area contributed by atoms with Gasteiger partial charge >= 0.3 is 0 Å². The molecule has 20 heavy (non-hydrogen) atoms. The lowest BCUT2D eigenvalue weighted by molar-refractivity contribution is -0.124. The molecule has 1 unspecified atom stereocenters. The van der Waals surface area contributed by atoms with E-state index < -0.39 is 0 Å². The fraction of sp³-hybridized carbons (Fsp3) is 0.308. The highest BCUT2D eigenvalue weighted by Gasteiger charge is 2.23. The van der Waals surface area contributed by atoms with E-state index in [2.05, 4.69) is 14.9 Å². The van der Waals surface area contributed by atoms with E-state index in [0.29, 0.717) is 22.3 Å². The monoisotopic (exact) mass is 309 g/mol. The minimum absolute atomic E-state index is 0.109. The van der Waals surface area contributed by atoms with Gasteiger partial charge in [-0.05, 0) is 25.0 Å². The van der Waals surface area contributed by atoms with Crippen molar-refractivity contribution >= 4 is 34.7 Å². The summed E-state index contributed by atoms with van der Waals surface area (Å²) in [7, 11) is 0. The Hall–Kier alpha value is -1.50. The van der Waals surface area contributed by atoms with Gasteiger partial charge in [-0.3, -0.25) is 4.79 Å². The van der Waals surface area contributed by atoms with Gasteiger partial charge in [-0.1, -0.05) is 28.2 Å². The van der Waals surface area contributed by atoms with Crippen LogP contribution in [0.15, 0.2) is 24.3 Å². The van der Waals surface area contributed by atoms with Gasteiger partial charge in [0.25, 0.3) is 5.91 Å². The summed E-state index contributed by atoms with van der Waals surface area (Å²) in [4.78, 5) is 12.0. The van der Waals surface area contributed by atoms with Crippen molar-refractivity contribution in [2.75, 3.05) is 11.9 Å². The molecule has 1 aliphatic heterocycles. The lowest BCUT2D eigenvalue weighted by Crippen LogP contribution is -2.26. The molecule has 2 heterocycles. The minimum Gasteiger partial charge on any atom is -0.368 e. The van der Waals surface area contributed by atoms with Crippen molar-refractivity contribution < 1.29 is 9.53 Å². The normalized spacial score (nSPS) is 18.1. The van der Waals surface area contributed by atoms with Crippen LogP contribution in [0.4, 0.5) is 5.69 Å². The summed E-state index contributed by atoms with van der Waals surface area (Å²) >= 11 is 7.16. The third-order valence-electron chi connectivity index (χ3n) is 3.07. The van der Waals surface area contributed by atoms with Crippen molar-refractivity contribution in [1.82, 2.24) is 9.59 Å². The summed E-state index contributed by atoms with van der Waals surface area (Å²) in [6, 6.07) is 7.37. The summed E-state index contributed by atoms with van der Waals surface area (Å²) < 4.78 is 9.69. The highest BCUT2D eigenvalue weighted by atomic mass is 35.5. The third-order valence-corrected chi connectivity index (χ3v) is 3.98.